The van der Waals surface area contributed by atoms with Gasteiger partial charge >= 0.3 is 0 Å². The monoisotopic (exact) mass is 281 g/mol. The number of hydrogen-bond donors (Lipinski definition) is 2. The van der Waals surface area contributed by atoms with E-state index in [2.05, 4.69) is 51.8 Å². The van der Waals surface area contributed by atoms with E-state index in [4.69, 9.17) is 4.43 Å². The third kappa shape index (κ3) is 7.10. The van der Waals surface area contributed by atoms with E-state index in [1.54, 1.807) is 0 Å². The average Bonchev–Trinajstić information content (AvgIpc) is 2.22. The maximum absolute atomic E-state index is 6.12. The maximum atomic E-state index is 6.12. The summed E-state index contributed by atoms with van der Waals surface area (Å²) in [5.41, 5.74) is 0. The lowest BCUT2D eigenvalue weighted by Crippen LogP contribution is -2.43. The third-order valence-corrected chi connectivity index (χ3v) is 10.2. The van der Waals surface area contributed by atoms with E-state index < -0.39 is 8.32 Å². The molecular formula is C10H25OS2Si2. The summed E-state index contributed by atoms with van der Waals surface area (Å²) < 4.78 is 6.12. The molecule has 0 fully saturated rings. The van der Waals surface area contributed by atoms with Crippen LogP contribution in [0.1, 0.15) is 19.8 Å². The Kier molecular flexibility index (Phi) is 8.82. The molecule has 0 aromatic heterocycles. The van der Waals surface area contributed by atoms with Crippen molar-refractivity contribution in [3.05, 3.63) is 0 Å². The molecule has 0 aliphatic rings. The lowest BCUT2D eigenvalue weighted by Gasteiger charge is -2.29. The van der Waals surface area contributed by atoms with E-state index in [9.17, 15) is 0 Å². The fraction of sp³-hybridized carbons (Fsp3) is 1.00. The topological polar surface area (TPSA) is 9.23 Å². The van der Waals surface area contributed by atoms with Gasteiger partial charge < -0.3 is 4.43 Å². The van der Waals surface area contributed by atoms with Gasteiger partial charge in [0.1, 0.15) is 0 Å². The van der Waals surface area contributed by atoms with Gasteiger partial charge in [-0.3, -0.25) is 0 Å². The lowest BCUT2D eigenvalue weighted by atomic mass is 10.6. The van der Waals surface area contributed by atoms with Gasteiger partial charge in [-0.05, 0) is 31.7 Å². The zero-order valence-corrected chi connectivity index (χ0v) is 14.2. The zero-order chi connectivity index (χ0) is 11.9. The Balaban J connectivity index is 3.81. The fourth-order valence-electron chi connectivity index (χ4n) is 1.35. The molecule has 1 radical (unpaired) electrons. The summed E-state index contributed by atoms with van der Waals surface area (Å²) in [6, 6.07) is 1.32. The van der Waals surface area contributed by atoms with Crippen LogP contribution in [0.2, 0.25) is 25.7 Å². The summed E-state index contributed by atoms with van der Waals surface area (Å²) in [6.45, 7) is 9.11. The van der Waals surface area contributed by atoms with Crippen LogP contribution in [0.4, 0.5) is 0 Å². The van der Waals surface area contributed by atoms with Gasteiger partial charge in [0.2, 0.25) is 0 Å². The van der Waals surface area contributed by atoms with Crippen LogP contribution >= 0.6 is 25.3 Å². The standard InChI is InChI=1S/C10H25OS2Si2/c1-5-10(13)15(3,4)11-9-14(2)8-6-7-12/h10,12-13H,5-9H2,1-4H3. The van der Waals surface area contributed by atoms with E-state index >= 15 is 0 Å². The molecule has 0 amide bonds. The van der Waals surface area contributed by atoms with Crippen molar-refractivity contribution in [2.75, 3.05) is 12.0 Å². The van der Waals surface area contributed by atoms with Gasteiger partial charge in [-0.25, -0.2) is 0 Å². The lowest BCUT2D eigenvalue weighted by molar-refractivity contribution is 0.367. The molecule has 0 bridgehead atoms. The van der Waals surface area contributed by atoms with Crippen LogP contribution in [-0.2, 0) is 4.43 Å². The van der Waals surface area contributed by atoms with Crippen molar-refractivity contribution in [2.45, 2.75) is 50.3 Å². The van der Waals surface area contributed by atoms with Gasteiger partial charge in [0.25, 0.3) is 0 Å². The quantitative estimate of drug-likeness (QED) is 0.512. The van der Waals surface area contributed by atoms with E-state index in [-0.39, 0.29) is 8.80 Å². The van der Waals surface area contributed by atoms with Crippen LogP contribution in [0.15, 0.2) is 0 Å². The van der Waals surface area contributed by atoms with Crippen molar-refractivity contribution in [1.29, 1.82) is 0 Å². The van der Waals surface area contributed by atoms with Crippen LogP contribution in [0, 0.1) is 0 Å². The Morgan fingerprint density at radius 2 is 2.00 bits per heavy atom. The van der Waals surface area contributed by atoms with Crippen LogP contribution in [0.25, 0.3) is 0 Å². The molecule has 0 aliphatic carbocycles. The molecule has 91 valence electrons. The van der Waals surface area contributed by atoms with Crippen LogP contribution in [-0.4, -0.2) is 34.0 Å². The van der Waals surface area contributed by atoms with E-state index in [0.717, 1.165) is 18.4 Å². The molecule has 1 unspecified atom stereocenters. The minimum atomic E-state index is -1.54. The van der Waals surface area contributed by atoms with Gasteiger partial charge in [0, 0.05) is 11.1 Å². The second-order valence-electron chi connectivity index (χ2n) is 4.60. The molecule has 5 heteroatoms. The molecule has 0 spiro atoms. The van der Waals surface area contributed by atoms with Gasteiger partial charge in [0.05, 0.1) is 8.80 Å². The summed E-state index contributed by atoms with van der Waals surface area (Å²) in [5.74, 6) is 1.01. The van der Waals surface area contributed by atoms with Gasteiger partial charge in [-0.2, -0.15) is 25.3 Å². The smallest absolute Gasteiger partial charge is 0.198 e. The normalized spacial score (nSPS) is 14.6. The zero-order valence-electron chi connectivity index (χ0n) is 10.4. The Labute approximate surface area is 109 Å². The minimum Gasteiger partial charge on any atom is -0.420 e. The van der Waals surface area contributed by atoms with E-state index in [0.29, 0.717) is 4.87 Å². The predicted octanol–water partition coefficient (Wildman–Crippen LogP) is 3.44. The molecular weight excluding hydrogens is 256 g/mol. The molecule has 1 atom stereocenters. The largest absolute Gasteiger partial charge is 0.420 e. The van der Waals surface area contributed by atoms with Gasteiger partial charge in [-0.15, -0.1) is 0 Å². The van der Waals surface area contributed by atoms with Crippen molar-refractivity contribution in [1.82, 2.24) is 0 Å². The summed E-state index contributed by atoms with van der Waals surface area (Å²) in [4.78, 5) is 0.470. The SMILES string of the molecule is CCC(S)[Si](C)(C)OC[Si](C)CCCS. The molecule has 1 nitrogen and oxygen atoms in total. The van der Waals surface area contributed by atoms with Crippen molar-refractivity contribution in [3.8, 4) is 0 Å². The third-order valence-electron chi connectivity index (χ3n) is 2.64. The van der Waals surface area contributed by atoms with Crippen molar-refractivity contribution in [2.24, 2.45) is 0 Å². The Hall–Kier alpha value is 1.09. The Bertz CT molecular complexity index is 168. The predicted molar refractivity (Wildman–Crippen MR) is 81.4 cm³/mol. The molecule has 15 heavy (non-hydrogen) atoms. The number of hydrogen-bond acceptors (Lipinski definition) is 3. The highest BCUT2D eigenvalue weighted by atomic mass is 32.1. The molecule has 0 aliphatic heterocycles. The summed E-state index contributed by atoms with van der Waals surface area (Å²) >= 11 is 8.86. The summed E-state index contributed by atoms with van der Waals surface area (Å²) in [5, 5.41) is 0. The number of rotatable bonds is 8. The Morgan fingerprint density at radius 3 is 2.47 bits per heavy atom. The molecule has 0 aromatic carbocycles. The van der Waals surface area contributed by atoms with Crippen molar-refractivity contribution in [3.63, 3.8) is 0 Å². The molecule has 0 aromatic rings. The summed E-state index contributed by atoms with van der Waals surface area (Å²) in [7, 11) is -1.83. The second-order valence-corrected chi connectivity index (χ2v) is 13.1. The van der Waals surface area contributed by atoms with E-state index in [1.165, 1.54) is 12.5 Å². The first-order valence-corrected chi connectivity index (χ1v) is 12.2. The van der Waals surface area contributed by atoms with Crippen molar-refractivity contribution < 1.29 is 4.43 Å². The molecule has 0 saturated heterocycles. The number of thiol groups is 2. The summed E-state index contributed by atoms with van der Waals surface area (Å²) in [6.07, 6.45) is 3.34. The second kappa shape index (κ2) is 8.22. The van der Waals surface area contributed by atoms with Crippen LogP contribution in [0.5, 0.6) is 0 Å². The van der Waals surface area contributed by atoms with Crippen molar-refractivity contribution >= 4 is 42.4 Å². The van der Waals surface area contributed by atoms with Gasteiger partial charge in [-0.1, -0.05) is 19.5 Å². The highest BCUT2D eigenvalue weighted by Crippen LogP contribution is 2.19. The Morgan fingerprint density at radius 1 is 1.40 bits per heavy atom. The highest BCUT2D eigenvalue weighted by Gasteiger charge is 2.30. The van der Waals surface area contributed by atoms with Crippen LogP contribution < -0.4 is 0 Å². The van der Waals surface area contributed by atoms with E-state index in [1.807, 2.05) is 0 Å². The minimum absolute atomic E-state index is 0.297. The average molecular weight is 282 g/mol. The van der Waals surface area contributed by atoms with Gasteiger partial charge in [0.15, 0.2) is 8.32 Å². The highest BCUT2D eigenvalue weighted by molar-refractivity contribution is 7.83. The first-order chi connectivity index (χ1) is 6.94. The maximum Gasteiger partial charge on any atom is 0.198 e. The molecule has 0 N–H and O–H groups in total. The fourth-order valence-corrected chi connectivity index (χ4v) is 6.60. The first kappa shape index (κ1) is 16.1. The first-order valence-electron chi connectivity index (χ1n) is 5.68. The van der Waals surface area contributed by atoms with Crippen LogP contribution in [0.3, 0.4) is 0 Å². The molecule has 0 rings (SSSR count). The molecule has 0 heterocycles. The molecule has 0 saturated carbocycles.